The summed E-state index contributed by atoms with van der Waals surface area (Å²) in [6.45, 7) is 0. The lowest BCUT2D eigenvalue weighted by Gasteiger charge is -2.02. The van der Waals surface area contributed by atoms with Crippen molar-refractivity contribution >= 4 is 38.4 Å². The van der Waals surface area contributed by atoms with Crippen LogP contribution in [0.2, 0.25) is 0 Å². The predicted octanol–water partition coefficient (Wildman–Crippen LogP) is 5.70. The molecule has 0 heterocycles. The average molecular weight is 321 g/mol. The summed E-state index contributed by atoms with van der Waals surface area (Å²) >= 11 is 3.48. The average Bonchev–Trinajstić information content (AvgIpc) is 2.82. The summed E-state index contributed by atoms with van der Waals surface area (Å²) < 4.78 is 1.12. The van der Waals surface area contributed by atoms with E-state index in [-0.39, 0.29) is 0 Å². The Bertz CT molecular complexity index is 821. The van der Waals surface area contributed by atoms with Crippen molar-refractivity contribution in [2.45, 2.75) is 6.42 Å². The third-order valence-electron chi connectivity index (χ3n) is 3.93. The predicted molar refractivity (Wildman–Crippen MR) is 89.7 cm³/mol. The Balaban J connectivity index is 1.88. The van der Waals surface area contributed by atoms with Gasteiger partial charge >= 0.3 is 0 Å². The fourth-order valence-electron chi connectivity index (χ4n) is 3.02. The highest BCUT2D eigenvalue weighted by Gasteiger charge is 2.17. The molecule has 20 heavy (non-hydrogen) atoms. The second-order valence-electron chi connectivity index (χ2n) is 5.22. The molecule has 0 saturated heterocycles. The van der Waals surface area contributed by atoms with Crippen molar-refractivity contribution < 1.29 is 0 Å². The number of benzene rings is 3. The fraction of sp³-hybridized carbons (Fsp3) is 0.0526. The molecular weight excluding hydrogens is 308 g/mol. The van der Waals surface area contributed by atoms with Crippen molar-refractivity contribution in [1.82, 2.24) is 0 Å². The van der Waals surface area contributed by atoms with E-state index < -0.39 is 0 Å². The molecule has 96 valence electrons. The highest BCUT2D eigenvalue weighted by Crippen LogP contribution is 2.38. The summed E-state index contributed by atoms with van der Waals surface area (Å²) in [7, 11) is 0. The van der Waals surface area contributed by atoms with E-state index in [1.54, 1.807) is 0 Å². The van der Waals surface area contributed by atoms with Gasteiger partial charge in [-0.2, -0.15) is 0 Å². The molecule has 0 spiro atoms. The van der Waals surface area contributed by atoms with Crippen LogP contribution in [0, 0.1) is 0 Å². The maximum Gasteiger partial charge on any atom is 0.0175 e. The molecule has 3 aromatic rings. The van der Waals surface area contributed by atoms with Gasteiger partial charge in [0.2, 0.25) is 0 Å². The van der Waals surface area contributed by atoms with Gasteiger partial charge in [0.05, 0.1) is 0 Å². The van der Waals surface area contributed by atoms with E-state index in [0.717, 1.165) is 10.9 Å². The minimum Gasteiger partial charge on any atom is -0.0613 e. The molecule has 0 atom stereocenters. The van der Waals surface area contributed by atoms with Gasteiger partial charge in [0, 0.05) is 4.47 Å². The topological polar surface area (TPSA) is 0 Å². The van der Waals surface area contributed by atoms with Crippen LogP contribution >= 0.6 is 15.9 Å². The Morgan fingerprint density at radius 3 is 2.40 bits per heavy atom. The first-order valence-electron chi connectivity index (χ1n) is 6.78. The van der Waals surface area contributed by atoms with Crippen molar-refractivity contribution in [1.29, 1.82) is 0 Å². The lowest BCUT2D eigenvalue weighted by Crippen LogP contribution is -1.80. The Kier molecular flexibility index (Phi) is 2.75. The summed E-state index contributed by atoms with van der Waals surface area (Å²) in [6.07, 6.45) is 3.34. The van der Waals surface area contributed by atoms with Crippen LogP contribution in [0.25, 0.3) is 22.4 Å². The largest absolute Gasteiger partial charge is 0.0613 e. The van der Waals surface area contributed by atoms with Gasteiger partial charge in [-0.25, -0.2) is 0 Å². The van der Waals surface area contributed by atoms with Crippen molar-refractivity contribution in [3.63, 3.8) is 0 Å². The summed E-state index contributed by atoms with van der Waals surface area (Å²) in [5, 5.41) is 2.78. The quantitative estimate of drug-likeness (QED) is 0.539. The third-order valence-corrected chi connectivity index (χ3v) is 4.46. The van der Waals surface area contributed by atoms with Gasteiger partial charge in [-0.3, -0.25) is 0 Å². The monoisotopic (exact) mass is 320 g/mol. The fourth-order valence-corrected chi connectivity index (χ4v) is 3.29. The van der Waals surface area contributed by atoms with Crippen LogP contribution < -0.4 is 0 Å². The zero-order chi connectivity index (χ0) is 13.5. The number of rotatable bonds is 1. The third kappa shape index (κ3) is 1.90. The van der Waals surface area contributed by atoms with Crippen molar-refractivity contribution in [2.24, 2.45) is 0 Å². The number of hydrogen-bond donors (Lipinski definition) is 0. The second kappa shape index (κ2) is 4.60. The standard InChI is InChI=1S/C19H13Br/c20-17-9-7-13(8-10-17)11-16-12-15-5-1-3-14-4-2-6-18(16)19(14)15/h1-11H,12H2/b16-11-. The minimum absolute atomic E-state index is 1.03. The van der Waals surface area contributed by atoms with Gasteiger partial charge in [0.1, 0.15) is 0 Å². The van der Waals surface area contributed by atoms with Gasteiger partial charge < -0.3 is 0 Å². The van der Waals surface area contributed by atoms with Gasteiger partial charge in [0.15, 0.2) is 0 Å². The molecule has 0 amide bonds. The maximum atomic E-state index is 3.48. The molecule has 0 saturated carbocycles. The summed E-state index contributed by atoms with van der Waals surface area (Å²) in [5.41, 5.74) is 5.51. The van der Waals surface area contributed by atoms with Crippen LogP contribution in [0.4, 0.5) is 0 Å². The van der Waals surface area contributed by atoms with E-state index in [4.69, 9.17) is 0 Å². The molecule has 0 aliphatic heterocycles. The highest BCUT2D eigenvalue weighted by atomic mass is 79.9. The molecule has 0 N–H and O–H groups in total. The van der Waals surface area contributed by atoms with Crippen LogP contribution in [-0.2, 0) is 6.42 Å². The molecule has 0 aromatic heterocycles. The number of hydrogen-bond acceptors (Lipinski definition) is 0. The van der Waals surface area contributed by atoms with Gasteiger partial charge in [-0.05, 0) is 51.6 Å². The van der Waals surface area contributed by atoms with Crippen LogP contribution in [-0.4, -0.2) is 0 Å². The molecule has 0 bridgehead atoms. The molecule has 0 radical (unpaired) electrons. The lowest BCUT2D eigenvalue weighted by atomic mass is 10.0. The normalized spacial score (nSPS) is 15.2. The second-order valence-corrected chi connectivity index (χ2v) is 6.13. The number of allylic oxidation sites excluding steroid dienone is 1. The van der Waals surface area contributed by atoms with E-state index in [1.807, 2.05) is 0 Å². The zero-order valence-electron chi connectivity index (χ0n) is 10.9. The maximum absolute atomic E-state index is 3.48. The van der Waals surface area contributed by atoms with E-state index in [1.165, 1.54) is 33.0 Å². The van der Waals surface area contributed by atoms with E-state index in [9.17, 15) is 0 Å². The van der Waals surface area contributed by atoms with Gasteiger partial charge in [-0.1, -0.05) is 70.5 Å². The zero-order valence-corrected chi connectivity index (χ0v) is 12.5. The molecule has 0 nitrogen and oxygen atoms in total. The van der Waals surface area contributed by atoms with Crippen molar-refractivity contribution in [2.75, 3.05) is 0 Å². The van der Waals surface area contributed by atoms with E-state index in [0.29, 0.717) is 0 Å². The molecule has 0 fully saturated rings. The van der Waals surface area contributed by atoms with Gasteiger partial charge in [0.25, 0.3) is 0 Å². The smallest absolute Gasteiger partial charge is 0.0175 e. The summed E-state index contributed by atoms with van der Waals surface area (Å²) in [6, 6.07) is 21.7. The highest BCUT2D eigenvalue weighted by molar-refractivity contribution is 9.10. The first kappa shape index (κ1) is 11.9. The van der Waals surface area contributed by atoms with Crippen LogP contribution in [0.15, 0.2) is 65.1 Å². The Hall–Kier alpha value is -1.86. The molecule has 1 heteroatoms. The van der Waals surface area contributed by atoms with Crippen LogP contribution in [0.3, 0.4) is 0 Å². The first-order valence-corrected chi connectivity index (χ1v) is 7.58. The molecule has 1 aliphatic carbocycles. The van der Waals surface area contributed by atoms with E-state index >= 15 is 0 Å². The lowest BCUT2D eigenvalue weighted by molar-refractivity contribution is 1.38. The van der Waals surface area contributed by atoms with Crippen LogP contribution in [0.5, 0.6) is 0 Å². The SMILES string of the molecule is Brc1ccc(/C=C2/Cc3cccc4cccc2c34)cc1. The van der Waals surface area contributed by atoms with Crippen molar-refractivity contribution in [3.8, 4) is 0 Å². The molecule has 4 rings (SSSR count). The first-order chi connectivity index (χ1) is 9.81. The Morgan fingerprint density at radius 1 is 0.850 bits per heavy atom. The van der Waals surface area contributed by atoms with Gasteiger partial charge in [-0.15, -0.1) is 0 Å². The molecule has 1 aliphatic rings. The van der Waals surface area contributed by atoms with Crippen LogP contribution in [0.1, 0.15) is 16.7 Å². The minimum atomic E-state index is 1.03. The Morgan fingerprint density at radius 2 is 1.60 bits per heavy atom. The summed E-state index contributed by atoms with van der Waals surface area (Å²) in [4.78, 5) is 0. The Labute approximate surface area is 126 Å². The summed E-state index contributed by atoms with van der Waals surface area (Å²) in [5.74, 6) is 0. The molecule has 3 aromatic carbocycles. The number of halogens is 1. The van der Waals surface area contributed by atoms with E-state index in [2.05, 4.69) is 82.7 Å². The molecular formula is C19H13Br. The molecule has 0 unspecified atom stereocenters. The van der Waals surface area contributed by atoms with Crippen molar-refractivity contribution in [3.05, 3.63) is 81.8 Å².